The van der Waals surface area contributed by atoms with Crippen molar-refractivity contribution in [2.24, 2.45) is 4.99 Å². The zero-order valence-corrected chi connectivity index (χ0v) is 8.74. The number of hydrogen-bond acceptors (Lipinski definition) is 3. The van der Waals surface area contributed by atoms with Gasteiger partial charge in [-0.05, 0) is 19.9 Å². The third-order valence-corrected chi connectivity index (χ3v) is 2.05. The molecule has 4 nitrogen and oxygen atoms in total. The second-order valence-corrected chi connectivity index (χ2v) is 3.96. The minimum atomic E-state index is -0.494. The summed E-state index contributed by atoms with van der Waals surface area (Å²) in [7, 11) is 0. The van der Waals surface area contributed by atoms with Crippen molar-refractivity contribution in [3.63, 3.8) is 0 Å². The van der Waals surface area contributed by atoms with Crippen LogP contribution in [0.3, 0.4) is 0 Å². The van der Waals surface area contributed by atoms with Crippen LogP contribution in [0, 0.1) is 0 Å². The molecule has 0 fully saturated rings. The van der Waals surface area contributed by atoms with E-state index in [1.165, 1.54) is 6.92 Å². The lowest BCUT2D eigenvalue weighted by Gasteiger charge is -2.27. The summed E-state index contributed by atoms with van der Waals surface area (Å²) < 4.78 is 0. The van der Waals surface area contributed by atoms with Crippen molar-refractivity contribution >= 4 is 11.6 Å². The monoisotopic (exact) mass is 196 g/mol. The summed E-state index contributed by atoms with van der Waals surface area (Å²) in [6.07, 6.45) is 2.95. The van der Waals surface area contributed by atoms with Crippen LogP contribution in [0.1, 0.15) is 20.8 Å². The largest absolute Gasteiger partial charge is 0.387 e. The van der Waals surface area contributed by atoms with Crippen molar-refractivity contribution in [1.82, 2.24) is 5.32 Å². The third-order valence-electron chi connectivity index (χ3n) is 2.05. The molecule has 0 saturated carbocycles. The number of dihydropyridines is 1. The molecule has 0 aliphatic carbocycles. The Morgan fingerprint density at radius 1 is 1.71 bits per heavy atom. The van der Waals surface area contributed by atoms with Gasteiger partial charge in [-0.2, -0.15) is 0 Å². The highest BCUT2D eigenvalue weighted by molar-refractivity contribution is 6.04. The van der Waals surface area contributed by atoms with Gasteiger partial charge in [-0.15, -0.1) is 0 Å². The smallest absolute Gasteiger partial charge is 0.217 e. The fourth-order valence-corrected chi connectivity index (χ4v) is 1.42. The first-order valence-electron chi connectivity index (χ1n) is 4.62. The molecule has 1 rings (SSSR count). The highest BCUT2D eigenvalue weighted by atomic mass is 16.3. The van der Waals surface area contributed by atoms with Crippen LogP contribution < -0.4 is 5.32 Å². The summed E-state index contributed by atoms with van der Waals surface area (Å²) >= 11 is 0. The number of hydrogen-bond donors (Lipinski definition) is 2. The topological polar surface area (TPSA) is 61.7 Å². The fourth-order valence-electron chi connectivity index (χ4n) is 1.42. The van der Waals surface area contributed by atoms with Crippen LogP contribution in [0.2, 0.25) is 0 Å². The highest BCUT2D eigenvalue weighted by Gasteiger charge is 2.25. The van der Waals surface area contributed by atoms with Crippen LogP contribution in [-0.4, -0.2) is 34.9 Å². The maximum atomic E-state index is 10.9. The lowest BCUT2D eigenvalue weighted by Crippen LogP contribution is -2.49. The second-order valence-electron chi connectivity index (χ2n) is 3.96. The van der Waals surface area contributed by atoms with Crippen molar-refractivity contribution < 1.29 is 9.90 Å². The van der Waals surface area contributed by atoms with Crippen LogP contribution in [0.4, 0.5) is 0 Å². The molecule has 0 bridgehead atoms. The summed E-state index contributed by atoms with van der Waals surface area (Å²) in [4.78, 5) is 15.1. The number of nitrogens with one attached hydrogen (secondary N) is 1. The van der Waals surface area contributed by atoms with Crippen molar-refractivity contribution in [2.75, 3.05) is 6.54 Å². The zero-order valence-electron chi connectivity index (χ0n) is 8.74. The molecule has 0 spiro atoms. The molecule has 1 heterocycles. The Morgan fingerprint density at radius 3 is 2.79 bits per heavy atom. The van der Waals surface area contributed by atoms with Gasteiger partial charge in [0.25, 0.3) is 0 Å². The molecule has 1 aliphatic rings. The van der Waals surface area contributed by atoms with Gasteiger partial charge in [0.15, 0.2) is 0 Å². The second kappa shape index (κ2) is 3.92. The van der Waals surface area contributed by atoms with Crippen molar-refractivity contribution in [2.45, 2.75) is 32.4 Å². The van der Waals surface area contributed by atoms with Crippen LogP contribution in [-0.2, 0) is 4.79 Å². The molecule has 2 N–H and O–H groups in total. The molecule has 0 aromatic rings. The molecule has 78 valence electrons. The summed E-state index contributed by atoms with van der Waals surface area (Å²) in [5.74, 6) is -0.0859. The van der Waals surface area contributed by atoms with Crippen LogP contribution in [0.15, 0.2) is 17.1 Å². The molecule has 0 radical (unpaired) electrons. The fraction of sp³-hybridized carbons (Fsp3) is 0.600. The van der Waals surface area contributed by atoms with E-state index in [1.807, 2.05) is 13.8 Å². The van der Waals surface area contributed by atoms with Gasteiger partial charge in [0.1, 0.15) is 0 Å². The Balaban J connectivity index is 2.73. The van der Waals surface area contributed by atoms with Crippen LogP contribution in [0.25, 0.3) is 0 Å². The van der Waals surface area contributed by atoms with Gasteiger partial charge in [-0.25, -0.2) is 0 Å². The Hall–Kier alpha value is -1.16. The van der Waals surface area contributed by atoms with E-state index in [-0.39, 0.29) is 5.91 Å². The zero-order chi connectivity index (χ0) is 10.8. The maximum absolute atomic E-state index is 10.9. The minimum Gasteiger partial charge on any atom is -0.387 e. The number of aliphatic imine (C=N–C) groups is 1. The average molecular weight is 196 g/mol. The predicted octanol–water partition coefficient (Wildman–Crippen LogP) is 0.273. The van der Waals surface area contributed by atoms with E-state index in [2.05, 4.69) is 10.3 Å². The first-order valence-corrected chi connectivity index (χ1v) is 4.62. The maximum Gasteiger partial charge on any atom is 0.217 e. The number of carbonyl (C=O) groups is 1. The molecule has 0 aromatic heterocycles. The summed E-state index contributed by atoms with van der Waals surface area (Å²) in [6, 6.07) is 0. The van der Waals surface area contributed by atoms with E-state index in [4.69, 9.17) is 0 Å². The Morgan fingerprint density at radius 2 is 2.36 bits per heavy atom. The van der Waals surface area contributed by atoms with Gasteiger partial charge in [0, 0.05) is 6.92 Å². The number of carbonyl (C=O) groups excluding carboxylic acids is 1. The van der Waals surface area contributed by atoms with Crippen LogP contribution in [0.5, 0.6) is 0 Å². The number of aliphatic hydroxyl groups is 1. The van der Waals surface area contributed by atoms with Gasteiger partial charge in [-0.1, -0.05) is 6.08 Å². The van der Waals surface area contributed by atoms with Crippen molar-refractivity contribution in [3.8, 4) is 0 Å². The quantitative estimate of drug-likeness (QED) is 0.666. The van der Waals surface area contributed by atoms with Crippen molar-refractivity contribution in [3.05, 3.63) is 12.2 Å². The Kier molecular flexibility index (Phi) is 3.06. The van der Waals surface area contributed by atoms with E-state index < -0.39 is 11.6 Å². The molecule has 4 heteroatoms. The molecule has 1 aliphatic heterocycles. The lowest BCUT2D eigenvalue weighted by molar-refractivity contribution is -0.119. The van der Waals surface area contributed by atoms with Gasteiger partial charge >= 0.3 is 0 Å². The van der Waals surface area contributed by atoms with Gasteiger partial charge in [0.05, 0.1) is 23.9 Å². The normalized spacial score (nSPS) is 21.7. The summed E-state index contributed by atoms with van der Waals surface area (Å²) in [5.41, 5.74) is 0.320. The molecule has 0 saturated heterocycles. The lowest BCUT2D eigenvalue weighted by atomic mass is 9.95. The van der Waals surface area contributed by atoms with Gasteiger partial charge in [-0.3, -0.25) is 9.79 Å². The number of nitrogens with zero attached hydrogens (tertiary/aromatic N) is 1. The van der Waals surface area contributed by atoms with Gasteiger partial charge < -0.3 is 10.4 Å². The first kappa shape index (κ1) is 10.9. The van der Waals surface area contributed by atoms with E-state index in [0.29, 0.717) is 6.54 Å². The number of amides is 1. The Labute approximate surface area is 83.7 Å². The average Bonchev–Trinajstić information content (AvgIpc) is 2.02. The highest BCUT2D eigenvalue weighted by Crippen LogP contribution is 2.11. The summed E-state index contributed by atoms with van der Waals surface area (Å²) in [5, 5.41) is 12.0. The standard InChI is InChI=1S/C10H16N2O2/c1-7(13)12-10(2,3)9-5-4-8(14)6-11-9/h4-5,8,14H,6H2,1-3H3,(H,12,13). The van der Waals surface area contributed by atoms with E-state index in [9.17, 15) is 9.90 Å². The number of aliphatic hydroxyl groups excluding tert-OH is 1. The van der Waals surface area contributed by atoms with Crippen LogP contribution >= 0.6 is 0 Å². The van der Waals surface area contributed by atoms with Crippen molar-refractivity contribution in [1.29, 1.82) is 0 Å². The van der Waals surface area contributed by atoms with E-state index >= 15 is 0 Å². The molecule has 14 heavy (non-hydrogen) atoms. The van der Waals surface area contributed by atoms with E-state index in [0.717, 1.165) is 5.71 Å². The molecular weight excluding hydrogens is 180 g/mol. The molecule has 0 aromatic carbocycles. The SMILES string of the molecule is CC(=O)NC(C)(C)C1=NCC(O)C=C1. The molecule has 1 unspecified atom stereocenters. The van der Waals surface area contributed by atoms with Gasteiger partial charge in [0.2, 0.25) is 5.91 Å². The molecular formula is C10H16N2O2. The summed E-state index contributed by atoms with van der Waals surface area (Å²) in [6.45, 7) is 5.61. The third kappa shape index (κ3) is 2.67. The molecule has 1 atom stereocenters. The minimum absolute atomic E-state index is 0.0859. The Bertz CT molecular complexity index is 292. The number of rotatable bonds is 2. The predicted molar refractivity (Wildman–Crippen MR) is 55.3 cm³/mol. The first-order chi connectivity index (χ1) is 6.42. The molecule has 1 amide bonds. The van der Waals surface area contributed by atoms with E-state index in [1.54, 1.807) is 12.2 Å².